The number of hydrogen-bond donors (Lipinski definition) is 1. The zero-order valence-electron chi connectivity index (χ0n) is 14.7. The lowest BCUT2D eigenvalue weighted by molar-refractivity contribution is -0.126. The molecule has 0 aromatic heterocycles. The number of nitrogens with one attached hydrogen (secondary N) is 1. The van der Waals surface area contributed by atoms with Crippen LogP contribution in [0.25, 0.3) is 0 Å². The minimum atomic E-state index is -0.654. The Morgan fingerprint density at radius 2 is 2.00 bits per heavy atom. The molecule has 0 spiro atoms. The Morgan fingerprint density at radius 1 is 1.23 bits per heavy atom. The van der Waals surface area contributed by atoms with Crippen LogP contribution < -0.4 is 19.7 Å². The van der Waals surface area contributed by atoms with Crippen molar-refractivity contribution in [2.24, 2.45) is 0 Å². The third-order valence-corrected chi connectivity index (χ3v) is 4.60. The van der Waals surface area contributed by atoms with Crippen LogP contribution in [0.5, 0.6) is 11.5 Å². The van der Waals surface area contributed by atoms with Gasteiger partial charge in [0.15, 0.2) is 17.6 Å². The molecule has 2 amide bonds. The van der Waals surface area contributed by atoms with Crippen LogP contribution in [0.15, 0.2) is 42.5 Å². The summed E-state index contributed by atoms with van der Waals surface area (Å²) in [6.07, 6.45) is -0.279. The van der Waals surface area contributed by atoms with E-state index in [0.29, 0.717) is 24.7 Å². The van der Waals surface area contributed by atoms with Crippen molar-refractivity contribution >= 4 is 17.5 Å². The molecule has 26 heavy (non-hydrogen) atoms. The van der Waals surface area contributed by atoms with E-state index in [1.54, 1.807) is 4.90 Å². The van der Waals surface area contributed by atoms with Gasteiger partial charge in [-0.2, -0.15) is 0 Å². The van der Waals surface area contributed by atoms with Crippen LogP contribution >= 0.6 is 0 Å². The standard InChI is InChI=1S/C20H20N2O4/c1-12-7-8-16-15(9-12)19(21-13(2)23)20(24)22(16)10-14-11-25-17-5-3-4-6-18(17)26-14/h3-9,14,19H,10-11H2,1-2H3,(H,21,23). The molecule has 1 N–H and O–H groups in total. The van der Waals surface area contributed by atoms with Gasteiger partial charge >= 0.3 is 0 Å². The summed E-state index contributed by atoms with van der Waals surface area (Å²) in [5.41, 5.74) is 2.67. The van der Waals surface area contributed by atoms with Gasteiger partial charge in [0.05, 0.1) is 6.54 Å². The molecule has 2 heterocycles. The first-order chi connectivity index (χ1) is 12.5. The van der Waals surface area contributed by atoms with Gasteiger partial charge in [-0.15, -0.1) is 0 Å². The Hall–Kier alpha value is -3.02. The molecule has 0 radical (unpaired) electrons. The number of anilines is 1. The fourth-order valence-electron chi connectivity index (χ4n) is 3.45. The number of benzene rings is 2. The van der Waals surface area contributed by atoms with Gasteiger partial charge in [-0.25, -0.2) is 0 Å². The zero-order chi connectivity index (χ0) is 18.3. The van der Waals surface area contributed by atoms with E-state index in [0.717, 1.165) is 16.8 Å². The molecule has 4 rings (SSSR count). The number of hydrogen-bond acceptors (Lipinski definition) is 4. The average Bonchev–Trinajstić information content (AvgIpc) is 2.86. The number of ether oxygens (including phenoxy) is 2. The maximum atomic E-state index is 12.9. The molecule has 0 fully saturated rings. The molecule has 0 saturated carbocycles. The second-order valence-corrected chi connectivity index (χ2v) is 6.64. The van der Waals surface area contributed by atoms with Gasteiger partial charge in [-0.3, -0.25) is 9.59 Å². The van der Waals surface area contributed by atoms with E-state index in [2.05, 4.69) is 5.32 Å². The van der Waals surface area contributed by atoms with E-state index in [-0.39, 0.29) is 17.9 Å². The van der Waals surface area contributed by atoms with Crippen LogP contribution in [0.4, 0.5) is 5.69 Å². The number of fused-ring (bicyclic) bond motifs is 2. The first-order valence-electron chi connectivity index (χ1n) is 8.60. The fourth-order valence-corrected chi connectivity index (χ4v) is 3.45. The minimum Gasteiger partial charge on any atom is -0.486 e. The summed E-state index contributed by atoms with van der Waals surface area (Å²) < 4.78 is 11.7. The van der Waals surface area contributed by atoms with Gasteiger partial charge < -0.3 is 19.7 Å². The van der Waals surface area contributed by atoms with Gasteiger partial charge in [-0.05, 0) is 25.1 Å². The molecule has 6 nitrogen and oxygen atoms in total. The second-order valence-electron chi connectivity index (χ2n) is 6.64. The highest BCUT2D eigenvalue weighted by atomic mass is 16.6. The lowest BCUT2D eigenvalue weighted by atomic mass is 10.1. The molecule has 134 valence electrons. The highest BCUT2D eigenvalue weighted by Crippen LogP contribution is 2.38. The summed E-state index contributed by atoms with van der Waals surface area (Å²) in [7, 11) is 0. The highest BCUT2D eigenvalue weighted by molar-refractivity contribution is 6.06. The molecule has 2 aromatic rings. The molecule has 0 bridgehead atoms. The summed E-state index contributed by atoms with van der Waals surface area (Å²) in [4.78, 5) is 26.2. The van der Waals surface area contributed by atoms with E-state index in [9.17, 15) is 9.59 Å². The Kier molecular flexibility index (Phi) is 4.03. The monoisotopic (exact) mass is 352 g/mol. The number of carbonyl (C=O) groups excluding carboxylic acids is 2. The minimum absolute atomic E-state index is 0.150. The van der Waals surface area contributed by atoms with Crippen LogP contribution in [0, 0.1) is 6.92 Å². The highest BCUT2D eigenvalue weighted by Gasteiger charge is 2.39. The topological polar surface area (TPSA) is 67.9 Å². The Balaban J connectivity index is 1.59. The molecular formula is C20H20N2O4. The molecule has 2 aromatic carbocycles. The van der Waals surface area contributed by atoms with E-state index < -0.39 is 6.04 Å². The maximum Gasteiger partial charge on any atom is 0.254 e. The number of para-hydroxylation sites is 2. The number of rotatable bonds is 3. The number of carbonyl (C=O) groups is 2. The van der Waals surface area contributed by atoms with Gasteiger partial charge in [0.25, 0.3) is 5.91 Å². The summed E-state index contributed by atoms with van der Waals surface area (Å²) in [5.74, 6) is 1.01. The van der Waals surface area contributed by atoms with E-state index in [4.69, 9.17) is 9.47 Å². The van der Waals surface area contributed by atoms with Crippen molar-refractivity contribution < 1.29 is 19.1 Å². The smallest absolute Gasteiger partial charge is 0.254 e. The molecule has 2 unspecified atom stereocenters. The third-order valence-electron chi connectivity index (χ3n) is 4.60. The van der Waals surface area contributed by atoms with Crippen molar-refractivity contribution in [2.75, 3.05) is 18.1 Å². The lowest BCUT2D eigenvalue weighted by Crippen LogP contribution is -2.44. The Morgan fingerprint density at radius 3 is 2.77 bits per heavy atom. The SMILES string of the molecule is CC(=O)NC1C(=O)N(CC2COc3ccccc3O2)c2ccc(C)cc21. The molecule has 2 atom stereocenters. The maximum absolute atomic E-state index is 12.9. The molecule has 0 saturated heterocycles. The molecule has 2 aliphatic rings. The first kappa shape index (κ1) is 16.4. The zero-order valence-corrected chi connectivity index (χ0v) is 14.7. The quantitative estimate of drug-likeness (QED) is 0.921. The summed E-state index contributed by atoms with van der Waals surface area (Å²) in [6.45, 7) is 4.11. The summed E-state index contributed by atoms with van der Waals surface area (Å²) in [6, 6.07) is 12.7. The number of aryl methyl sites for hydroxylation is 1. The Bertz CT molecular complexity index is 880. The van der Waals surface area contributed by atoms with Gasteiger partial charge in [0.2, 0.25) is 5.91 Å². The summed E-state index contributed by atoms with van der Waals surface area (Å²) in [5, 5.41) is 2.76. The van der Waals surface area contributed by atoms with Crippen molar-refractivity contribution in [2.45, 2.75) is 26.0 Å². The number of nitrogens with zero attached hydrogens (tertiary/aromatic N) is 1. The van der Waals surface area contributed by atoms with Crippen molar-refractivity contribution in [3.63, 3.8) is 0 Å². The van der Waals surface area contributed by atoms with Crippen molar-refractivity contribution in [1.82, 2.24) is 5.32 Å². The van der Waals surface area contributed by atoms with Crippen LogP contribution in [0.2, 0.25) is 0 Å². The normalized spacial score (nSPS) is 20.7. The molecule has 2 aliphatic heterocycles. The largest absolute Gasteiger partial charge is 0.486 e. The fraction of sp³-hybridized carbons (Fsp3) is 0.300. The van der Waals surface area contributed by atoms with Crippen LogP contribution in [-0.4, -0.2) is 31.1 Å². The van der Waals surface area contributed by atoms with Gasteiger partial charge in [-0.1, -0.05) is 29.8 Å². The predicted molar refractivity (Wildman–Crippen MR) is 96.4 cm³/mol. The van der Waals surface area contributed by atoms with E-state index in [1.807, 2.05) is 49.4 Å². The van der Waals surface area contributed by atoms with Crippen molar-refractivity contribution in [3.05, 3.63) is 53.6 Å². The number of amides is 2. The lowest BCUT2D eigenvalue weighted by Gasteiger charge is -2.30. The molecular weight excluding hydrogens is 332 g/mol. The van der Waals surface area contributed by atoms with Crippen molar-refractivity contribution in [1.29, 1.82) is 0 Å². The average molecular weight is 352 g/mol. The molecule has 6 heteroatoms. The van der Waals surface area contributed by atoms with E-state index >= 15 is 0 Å². The van der Waals surface area contributed by atoms with Crippen LogP contribution in [0.1, 0.15) is 24.1 Å². The third kappa shape index (κ3) is 2.87. The van der Waals surface area contributed by atoms with Gasteiger partial charge in [0, 0.05) is 18.2 Å². The van der Waals surface area contributed by atoms with Crippen LogP contribution in [-0.2, 0) is 9.59 Å². The first-order valence-corrected chi connectivity index (χ1v) is 8.60. The predicted octanol–water partition coefficient (Wildman–Crippen LogP) is 2.36. The summed E-state index contributed by atoms with van der Waals surface area (Å²) >= 11 is 0. The second kappa shape index (κ2) is 6.37. The van der Waals surface area contributed by atoms with Crippen LogP contribution in [0.3, 0.4) is 0 Å². The van der Waals surface area contributed by atoms with Gasteiger partial charge in [0.1, 0.15) is 12.6 Å². The van der Waals surface area contributed by atoms with E-state index in [1.165, 1.54) is 6.92 Å². The Labute approximate surface area is 151 Å². The van der Waals surface area contributed by atoms with Crippen molar-refractivity contribution in [3.8, 4) is 11.5 Å². The molecule has 0 aliphatic carbocycles.